The van der Waals surface area contributed by atoms with E-state index in [0.717, 1.165) is 0 Å². The number of nitrogens with zero attached hydrogens (tertiary/aromatic N) is 4. The number of carbonyl (C=O) groups excluding carboxylic acids is 1. The molecule has 10 nitrogen and oxygen atoms in total. The summed E-state index contributed by atoms with van der Waals surface area (Å²) >= 11 is 0. The molecule has 222 valence electrons. The number of carbonyl (C=O) groups is 1. The van der Waals surface area contributed by atoms with Gasteiger partial charge < -0.3 is 31.0 Å². The average Bonchev–Trinajstić information content (AvgIpc) is 2.89. The summed E-state index contributed by atoms with van der Waals surface area (Å²) in [7, 11) is 1.43. The van der Waals surface area contributed by atoms with Crippen molar-refractivity contribution in [2.75, 3.05) is 37.8 Å². The Morgan fingerprint density at radius 2 is 1.93 bits per heavy atom. The molecule has 0 spiro atoms. The van der Waals surface area contributed by atoms with E-state index in [9.17, 15) is 22.8 Å². The number of halogens is 4. The van der Waals surface area contributed by atoms with E-state index in [1.165, 1.54) is 23.9 Å². The maximum Gasteiger partial charge on any atom is 0.390 e. The van der Waals surface area contributed by atoms with E-state index < -0.39 is 29.8 Å². The number of benzene rings is 1. The summed E-state index contributed by atoms with van der Waals surface area (Å²) in [5.41, 5.74) is 11.4. The number of nitrogens with one attached hydrogen (secondary N) is 1. The third kappa shape index (κ3) is 6.69. The number of hydrogen-bond acceptors (Lipinski definition) is 8. The van der Waals surface area contributed by atoms with Crippen LogP contribution in [0.5, 0.6) is 5.75 Å². The third-order valence-corrected chi connectivity index (χ3v) is 7.14. The molecule has 2 aromatic heterocycles. The van der Waals surface area contributed by atoms with Gasteiger partial charge in [0.2, 0.25) is 11.4 Å². The maximum atomic E-state index is 15.3. The first kappa shape index (κ1) is 30.0. The normalized spacial score (nSPS) is 15.0. The Balaban J connectivity index is 1.62. The molecule has 14 heteroatoms. The summed E-state index contributed by atoms with van der Waals surface area (Å²) < 4.78 is 60.1. The van der Waals surface area contributed by atoms with E-state index in [1.54, 1.807) is 11.0 Å². The topological polar surface area (TPSA) is 141 Å². The van der Waals surface area contributed by atoms with Crippen LogP contribution in [-0.2, 0) is 6.54 Å². The number of rotatable bonds is 9. The fourth-order valence-electron chi connectivity index (χ4n) is 5.11. The standard InChI is InChI=1S/C27H33F4N7O3/c1-14(2)13-38-23(32)21(24(33)40)22(39)17-12-34-26(36-25(17)38)35-19-11-18(28)16(10-20(19)41-3)15-4-7-37(8-5-15)9-6-27(29,30)31/h10-12,14-15H,4-9,13,32H2,1-3H3,(H2,33,40)(H,34,35,36). The second kappa shape index (κ2) is 11.9. The molecule has 4 rings (SSSR count). The zero-order valence-corrected chi connectivity index (χ0v) is 23.0. The molecular weight excluding hydrogens is 546 g/mol. The molecule has 41 heavy (non-hydrogen) atoms. The van der Waals surface area contributed by atoms with Gasteiger partial charge in [0.25, 0.3) is 5.91 Å². The number of nitrogens with two attached hydrogens (primary N) is 2. The minimum Gasteiger partial charge on any atom is -0.495 e. The molecule has 5 N–H and O–H groups in total. The SMILES string of the molecule is COc1cc(C2CCN(CCC(F)(F)F)CC2)c(F)cc1Nc1ncc2c(=O)c(C(N)=O)c(N)n(CC(C)C)c2n1. The Kier molecular flexibility index (Phi) is 8.71. The first-order valence-electron chi connectivity index (χ1n) is 13.2. The van der Waals surface area contributed by atoms with Crippen LogP contribution in [0.1, 0.15) is 54.9 Å². The van der Waals surface area contributed by atoms with E-state index >= 15 is 4.39 Å². The lowest BCUT2D eigenvalue weighted by atomic mass is 9.88. The Hall–Kier alpha value is -3.94. The van der Waals surface area contributed by atoms with E-state index in [1.807, 2.05) is 13.8 Å². The van der Waals surface area contributed by atoms with Crippen LogP contribution in [0.25, 0.3) is 11.0 Å². The number of piperidine rings is 1. The van der Waals surface area contributed by atoms with Crippen LogP contribution in [-0.4, -0.2) is 58.3 Å². The monoisotopic (exact) mass is 579 g/mol. The van der Waals surface area contributed by atoms with Crippen LogP contribution in [0.3, 0.4) is 0 Å². The molecule has 0 atom stereocenters. The summed E-state index contributed by atoms with van der Waals surface area (Å²) in [5, 5.41) is 2.98. The van der Waals surface area contributed by atoms with Gasteiger partial charge in [0.1, 0.15) is 22.9 Å². The zero-order valence-electron chi connectivity index (χ0n) is 23.0. The van der Waals surface area contributed by atoms with Crippen LogP contribution in [0.4, 0.5) is 35.0 Å². The number of pyridine rings is 1. The molecule has 0 bridgehead atoms. The van der Waals surface area contributed by atoms with Crippen LogP contribution in [0.2, 0.25) is 0 Å². The number of amides is 1. The van der Waals surface area contributed by atoms with E-state index in [2.05, 4.69) is 15.3 Å². The highest BCUT2D eigenvalue weighted by Crippen LogP contribution is 2.37. The highest BCUT2D eigenvalue weighted by molar-refractivity contribution is 6.00. The van der Waals surface area contributed by atoms with Gasteiger partial charge in [0.05, 0.1) is 24.6 Å². The summed E-state index contributed by atoms with van der Waals surface area (Å²) in [4.78, 5) is 35.2. The number of methoxy groups -OCH3 is 1. The quantitative estimate of drug-likeness (QED) is 0.321. The first-order valence-corrected chi connectivity index (χ1v) is 13.2. The molecule has 1 aromatic carbocycles. The Morgan fingerprint density at radius 3 is 2.51 bits per heavy atom. The molecule has 3 aromatic rings. The fraction of sp³-hybridized carbons (Fsp3) is 0.481. The van der Waals surface area contributed by atoms with Crippen molar-refractivity contribution in [1.82, 2.24) is 19.4 Å². The van der Waals surface area contributed by atoms with Crippen molar-refractivity contribution in [3.8, 4) is 5.75 Å². The van der Waals surface area contributed by atoms with E-state index in [4.69, 9.17) is 16.2 Å². The molecule has 3 heterocycles. The molecule has 0 aliphatic carbocycles. The van der Waals surface area contributed by atoms with Crippen molar-refractivity contribution in [2.45, 2.75) is 51.7 Å². The highest BCUT2D eigenvalue weighted by Gasteiger charge is 2.30. The summed E-state index contributed by atoms with van der Waals surface area (Å²) in [6.07, 6.45) is -2.80. The number of nitrogen functional groups attached to an aromatic ring is 1. The van der Waals surface area contributed by atoms with Gasteiger partial charge in [-0.25, -0.2) is 9.37 Å². The molecule has 0 unspecified atom stereocenters. The number of likely N-dealkylation sites (tertiary alicyclic amines) is 1. The van der Waals surface area contributed by atoms with Gasteiger partial charge in [0.15, 0.2) is 5.65 Å². The van der Waals surface area contributed by atoms with Gasteiger partial charge in [-0.15, -0.1) is 0 Å². The molecule has 0 radical (unpaired) electrons. The number of hydrogen-bond donors (Lipinski definition) is 3. The second-order valence-corrected chi connectivity index (χ2v) is 10.6. The predicted molar refractivity (Wildman–Crippen MR) is 147 cm³/mol. The molecule has 1 aliphatic rings. The van der Waals surface area contributed by atoms with Gasteiger partial charge >= 0.3 is 6.18 Å². The Morgan fingerprint density at radius 1 is 1.24 bits per heavy atom. The van der Waals surface area contributed by atoms with Crippen molar-refractivity contribution in [3.05, 3.63) is 45.5 Å². The molecular formula is C27H33F4N7O3. The lowest BCUT2D eigenvalue weighted by molar-refractivity contribution is -0.138. The van der Waals surface area contributed by atoms with Crippen molar-refractivity contribution >= 4 is 34.4 Å². The molecule has 0 saturated carbocycles. The Labute approximate surface area is 233 Å². The summed E-state index contributed by atoms with van der Waals surface area (Å²) in [6.45, 7) is 4.99. The van der Waals surface area contributed by atoms with Crippen molar-refractivity contribution < 1.29 is 27.1 Å². The van der Waals surface area contributed by atoms with Crippen molar-refractivity contribution in [3.63, 3.8) is 0 Å². The van der Waals surface area contributed by atoms with Crippen molar-refractivity contribution in [2.24, 2.45) is 11.7 Å². The largest absolute Gasteiger partial charge is 0.495 e. The van der Waals surface area contributed by atoms with Gasteiger partial charge in [-0.2, -0.15) is 18.2 Å². The van der Waals surface area contributed by atoms with E-state index in [0.29, 0.717) is 43.8 Å². The first-order chi connectivity index (χ1) is 19.3. The van der Waals surface area contributed by atoms with Crippen LogP contribution in [0.15, 0.2) is 23.1 Å². The minimum absolute atomic E-state index is 0.0315. The van der Waals surface area contributed by atoms with Gasteiger partial charge in [-0.1, -0.05) is 13.8 Å². The summed E-state index contributed by atoms with van der Waals surface area (Å²) in [5.74, 6) is -1.32. The zero-order chi connectivity index (χ0) is 30.1. The molecule has 1 amide bonds. The Bertz CT molecular complexity index is 1500. The lowest BCUT2D eigenvalue weighted by Gasteiger charge is -2.32. The maximum absolute atomic E-state index is 15.3. The van der Waals surface area contributed by atoms with Gasteiger partial charge in [-0.3, -0.25) is 9.59 Å². The average molecular weight is 580 g/mol. The lowest BCUT2D eigenvalue weighted by Crippen LogP contribution is -2.35. The molecule has 1 saturated heterocycles. The van der Waals surface area contributed by atoms with Crippen LogP contribution >= 0.6 is 0 Å². The van der Waals surface area contributed by atoms with Gasteiger partial charge in [0, 0.05) is 25.4 Å². The predicted octanol–water partition coefficient (Wildman–Crippen LogP) is 4.15. The number of anilines is 3. The van der Waals surface area contributed by atoms with E-state index in [-0.39, 0.29) is 52.4 Å². The number of ether oxygens (including phenoxy) is 1. The fourth-order valence-corrected chi connectivity index (χ4v) is 5.11. The number of primary amides is 1. The highest BCUT2D eigenvalue weighted by atomic mass is 19.4. The van der Waals surface area contributed by atoms with Crippen LogP contribution in [0, 0.1) is 11.7 Å². The number of aromatic nitrogens is 3. The third-order valence-electron chi connectivity index (χ3n) is 7.14. The second-order valence-electron chi connectivity index (χ2n) is 10.6. The smallest absolute Gasteiger partial charge is 0.390 e. The van der Waals surface area contributed by atoms with Crippen molar-refractivity contribution in [1.29, 1.82) is 0 Å². The number of alkyl halides is 3. The number of fused-ring (bicyclic) bond motifs is 1. The van der Waals surface area contributed by atoms with Gasteiger partial charge in [-0.05, 0) is 49.4 Å². The van der Waals surface area contributed by atoms with Crippen LogP contribution < -0.4 is 26.9 Å². The molecule has 1 fully saturated rings. The minimum atomic E-state index is -4.21. The molecule has 1 aliphatic heterocycles. The summed E-state index contributed by atoms with van der Waals surface area (Å²) in [6, 6.07) is 2.82.